The maximum atomic E-state index is 11.5. The van der Waals surface area contributed by atoms with Crippen LogP contribution < -0.4 is 4.90 Å². The highest BCUT2D eigenvalue weighted by atomic mass is 16.1. The third kappa shape index (κ3) is 7.40. The number of aldehydes is 1. The van der Waals surface area contributed by atoms with E-state index in [1.54, 1.807) is 0 Å². The van der Waals surface area contributed by atoms with Crippen LogP contribution in [0.4, 0.5) is 17.1 Å². The average molecular weight is 630 g/mol. The van der Waals surface area contributed by atoms with Crippen LogP contribution in [0.15, 0.2) is 194 Å². The van der Waals surface area contributed by atoms with Gasteiger partial charge in [-0.15, -0.1) is 0 Å². The van der Waals surface area contributed by atoms with Crippen molar-refractivity contribution in [2.45, 2.75) is 0 Å². The molecule has 0 bridgehead atoms. The van der Waals surface area contributed by atoms with E-state index in [0.29, 0.717) is 5.56 Å². The second-order valence-electron chi connectivity index (χ2n) is 11.8. The molecule has 0 radical (unpaired) electrons. The molecule has 7 aromatic rings. The van der Waals surface area contributed by atoms with Crippen LogP contribution in [-0.4, -0.2) is 6.29 Å². The Hall–Kier alpha value is -6.51. The first-order valence-electron chi connectivity index (χ1n) is 16.5. The highest BCUT2D eigenvalue weighted by Crippen LogP contribution is 2.36. The standard InChI is InChI=1S/C47H35NO/c49-35-38-25-31-45(32-26-38)48(43-27-21-36(22-28-43)33-46(39-13-5-1-6-14-39)40-15-7-2-8-16-40)44-29-23-37(24-30-44)34-47(41-17-9-3-10-18-41)42-19-11-4-12-20-42/h1-35H. The van der Waals surface area contributed by atoms with Gasteiger partial charge in [0, 0.05) is 22.6 Å². The van der Waals surface area contributed by atoms with Gasteiger partial charge in [-0.05, 0) is 105 Å². The maximum absolute atomic E-state index is 11.5. The molecule has 0 saturated heterocycles. The van der Waals surface area contributed by atoms with Crippen molar-refractivity contribution in [2.24, 2.45) is 0 Å². The molecule has 0 unspecified atom stereocenters. The average Bonchev–Trinajstić information content (AvgIpc) is 3.19. The fourth-order valence-electron chi connectivity index (χ4n) is 6.06. The molecule has 234 valence electrons. The van der Waals surface area contributed by atoms with Crippen LogP contribution >= 0.6 is 0 Å². The van der Waals surface area contributed by atoms with Gasteiger partial charge >= 0.3 is 0 Å². The summed E-state index contributed by atoms with van der Waals surface area (Å²) in [5.74, 6) is 0. The summed E-state index contributed by atoms with van der Waals surface area (Å²) in [4.78, 5) is 13.7. The minimum atomic E-state index is 0.647. The molecule has 0 atom stereocenters. The Morgan fingerprint density at radius 1 is 0.327 bits per heavy atom. The van der Waals surface area contributed by atoms with E-state index in [9.17, 15) is 4.79 Å². The quantitative estimate of drug-likeness (QED) is 0.111. The van der Waals surface area contributed by atoms with E-state index in [1.807, 2.05) is 48.5 Å². The van der Waals surface area contributed by atoms with Crippen molar-refractivity contribution < 1.29 is 4.79 Å². The van der Waals surface area contributed by atoms with Gasteiger partial charge in [0.15, 0.2) is 0 Å². The minimum Gasteiger partial charge on any atom is -0.311 e. The van der Waals surface area contributed by atoms with E-state index in [2.05, 4.69) is 163 Å². The van der Waals surface area contributed by atoms with Crippen LogP contribution in [0.25, 0.3) is 23.3 Å². The fraction of sp³-hybridized carbons (Fsp3) is 0. The highest BCUT2D eigenvalue weighted by Gasteiger charge is 2.14. The zero-order chi connectivity index (χ0) is 33.3. The topological polar surface area (TPSA) is 20.3 Å². The van der Waals surface area contributed by atoms with Gasteiger partial charge in [-0.25, -0.2) is 0 Å². The number of anilines is 3. The van der Waals surface area contributed by atoms with Gasteiger partial charge < -0.3 is 4.90 Å². The van der Waals surface area contributed by atoms with Gasteiger partial charge in [0.1, 0.15) is 6.29 Å². The van der Waals surface area contributed by atoms with Crippen LogP contribution in [0.5, 0.6) is 0 Å². The van der Waals surface area contributed by atoms with Crippen LogP contribution in [0.3, 0.4) is 0 Å². The summed E-state index contributed by atoms with van der Waals surface area (Å²) >= 11 is 0. The van der Waals surface area contributed by atoms with Crippen molar-refractivity contribution in [1.29, 1.82) is 0 Å². The summed E-state index contributed by atoms with van der Waals surface area (Å²) < 4.78 is 0. The van der Waals surface area contributed by atoms with Crippen LogP contribution in [-0.2, 0) is 0 Å². The Balaban J connectivity index is 1.25. The Labute approximate surface area is 288 Å². The van der Waals surface area contributed by atoms with Gasteiger partial charge in [0.25, 0.3) is 0 Å². The SMILES string of the molecule is O=Cc1ccc(N(c2ccc(C=C(c3ccccc3)c3ccccc3)cc2)c2ccc(C=C(c3ccccc3)c3ccccc3)cc2)cc1. The lowest BCUT2D eigenvalue weighted by atomic mass is 9.95. The van der Waals surface area contributed by atoms with Crippen molar-refractivity contribution >= 4 is 46.6 Å². The zero-order valence-corrected chi connectivity index (χ0v) is 27.1. The van der Waals surface area contributed by atoms with E-state index >= 15 is 0 Å². The summed E-state index contributed by atoms with van der Waals surface area (Å²) in [5, 5.41) is 0. The van der Waals surface area contributed by atoms with E-state index in [-0.39, 0.29) is 0 Å². The first-order chi connectivity index (χ1) is 24.2. The number of carbonyl (C=O) groups is 1. The van der Waals surface area contributed by atoms with Crippen molar-refractivity contribution in [3.63, 3.8) is 0 Å². The molecule has 0 fully saturated rings. The van der Waals surface area contributed by atoms with Gasteiger partial charge in [0.05, 0.1) is 0 Å². The first-order valence-corrected chi connectivity index (χ1v) is 16.5. The van der Waals surface area contributed by atoms with Crippen LogP contribution in [0, 0.1) is 0 Å². The highest BCUT2D eigenvalue weighted by molar-refractivity contribution is 5.93. The molecule has 0 amide bonds. The van der Waals surface area contributed by atoms with Crippen LogP contribution in [0.2, 0.25) is 0 Å². The number of hydrogen-bond acceptors (Lipinski definition) is 2. The molecule has 7 aromatic carbocycles. The van der Waals surface area contributed by atoms with Gasteiger partial charge in [-0.3, -0.25) is 4.79 Å². The molecule has 7 rings (SSSR count). The second-order valence-corrected chi connectivity index (χ2v) is 11.8. The smallest absolute Gasteiger partial charge is 0.150 e. The summed E-state index contributed by atoms with van der Waals surface area (Å²) in [6.45, 7) is 0. The Morgan fingerprint density at radius 2 is 0.592 bits per heavy atom. The molecule has 0 N–H and O–H groups in total. The molecule has 2 nitrogen and oxygen atoms in total. The molecule has 2 heteroatoms. The van der Waals surface area contributed by atoms with E-state index < -0.39 is 0 Å². The van der Waals surface area contributed by atoms with Crippen LogP contribution in [0.1, 0.15) is 43.7 Å². The molecule has 0 saturated carbocycles. The predicted octanol–water partition coefficient (Wildman–Crippen LogP) is 12.1. The van der Waals surface area contributed by atoms with Crippen molar-refractivity contribution in [1.82, 2.24) is 0 Å². The lowest BCUT2D eigenvalue weighted by Crippen LogP contribution is -2.10. The summed E-state index contributed by atoms with van der Waals surface area (Å²) in [6.07, 6.45) is 5.37. The molecule has 0 aliphatic rings. The predicted molar refractivity (Wildman–Crippen MR) is 206 cm³/mol. The molecular weight excluding hydrogens is 595 g/mol. The third-order valence-corrected chi connectivity index (χ3v) is 8.55. The summed E-state index contributed by atoms with van der Waals surface area (Å²) in [7, 11) is 0. The number of nitrogens with zero attached hydrogens (tertiary/aromatic N) is 1. The Bertz CT molecular complexity index is 1950. The second kappa shape index (κ2) is 14.9. The van der Waals surface area contributed by atoms with Crippen molar-refractivity contribution in [2.75, 3.05) is 4.90 Å². The van der Waals surface area contributed by atoms with Gasteiger partial charge in [-0.2, -0.15) is 0 Å². The summed E-state index contributed by atoms with van der Waals surface area (Å²) in [5.41, 5.74) is 12.9. The Kier molecular flexibility index (Phi) is 9.48. The number of benzene rings is 7. The van der Waals surface area contributed by atoms with E-state index in [4.69, 9.17) is 0 Å². The largest absolute Gasteiger partial charge is 0.311 e. The Morgan fingerprint density at radius 3 is 0.857 bits per heavy atom. The van der Waals surface area contributed by atoms with E-state index in [1.165, 1.54) is 33.4 Å². The first kappa shape index (κ1) is 31.1. The third-order valence-electron chi connectivity index (χ3n) is 8.55. The lowest BCUT2D eigenvalue weighted by molar-refractivity contribution is 0.112. The van der Waals surface area contributed by atoms with E-state index in [0.717, 1.165) is 34.5 Å². The monoisotopic (exact) mass is 629 g/mol. The molecule has 0 spiro atoms. The number of carbonyl (C=O) groups excluding carboxylic acids is 1. The fourth-order valence-corrected chi connectivity index (χ4v) is 6.06. The van der Waals surface area contributed by atoms with Gasteiger partial charge in [-0.1, -0.05) is 146 Å². The molecule has 0 aliphatic carbocycles. The van der Waals surface area contributed by atoms with Crippen molar-refractivity contribution in [3.8, 4) is 0 Å². The number of hydrogen-bond donors (Lipinski definition) is 0. The van der Waals surface area contributed by atoms with Gasteiger partial charge in [0.2, 0.25) is 0 Å². The molecule has 0 heterocycles. The molecule has 0 aromatic heterocycles. The molecular formula is C47H35NO. The normalized spacial score (nSPS) is 10.5. The maximum Gasteiger partial charge on any atom is 0.150 e. The summed E-state index contributed by atoms with van der Waals surface area (Å²) in [6, 6.07) is 67.0. The number of rotatable bonds is 10. The zero-order valence-electron chi connectivity index (χ0n) is 27.1. The lowest BCUT2D eigenvalue weighted by Gasteiger charge is -2.26. The molecule has 0 aliphatic heterocycles. The molecule has 49 heavy (non-hydrogen) atoms. The minimum absolute atomic E-state index is 0.647. The van der Waals surface area contributed by atoms with Crippen molar-refractivity contribution in [3.05, 3.63) is 233 Å².